The lowest BCUT2D eigenvalue weighted by Gasteiger charge is -2.15. The van der Waals surface area contributed by atoms with E-state index in [-0.39, 0.29) is 5.91 Å². The number of pyridine rings is 1. The topological polar surface area (TPSA) is 54.9 Å². The second-order valence-electron chi connectivity index (χ2n) is 6.00. The molecule has 5 heteroatoms. The van der Waals surface area contributed by atoms with Gasteiger partial charge in [-0.05, 0) is 43.0 Å². The first-order valence-corrected chi connectivity index (χ1v) is 9.21. The summed E-state index contributed by atoms with van der Waals surface area (Å²) in [5, 5.41) is 3.82. The van der Waals surface area contributed by atoms with Crippen molar-refractivity contribution in [1.82, 2.24) is 9.97 Å². The van der Waals surface area contributed by atoms with Crippen LogP contribution in [0.25, 0.3) is 10.7 Å². The van der Waals surface area contributed by atoms with E-state index in [4.69, 9.17) is 0 Å². The van der Waals surface area contributed by atoms with E-state index in [1.165, 1.54) is 11.3 Å². The fraction of sp³-hybridized carbons (Fsp3) is 0.250. The molecule has 2 heterocycles. The van der Waals surface area contributed by atoms with Crippen LogP contribution in [0.15, 0.2) is 48.7 Å². The summed E-state index contributed by atoms with van der Waals surface area (Å²) in [4.78, 5) is 22.2. The van der Waals surface area contributed by atoms with E-state index < -0.39 is 0 Å². The number of thiazole rings is 1. The number of amides is 1. The largest absolute Gasteiger partial charge is 0.321 e. The summed E-state index contributed by atoms with van der Waals surface area (Å²) in [6.07, 6.45) is 2.75. The normalized spacial score (nSPS) is 12.0. The Kier molecular flexibility index (Phi) is 5.24. The van der Waals surface area contributed by atoms with Crippen molar-refractivity contribution in [2.24, 2.45) is 0 Å². The Labute approximate surface area is 152 Å². The molecule has 0 unspecified atom stereocenters. The Morgan fingerprint density at radius 3 is 2.68 bits per heavy atom. The van der Waals surface area contributed by atoms with Gasteiger partial charge in [-0.2, -0.15) is 0 Å². The molecule has 1 atom stereocenters. The van der Waals surface area contributed by atoms with Crippen molar-refractivity contribution in [2.75, 3.05) is 5.32 Å². The van der Waals surface area contributed by atoms with Crippen LogP contribution in [0, 0.1) is 6.92 Å². The van der Waals surface area contributed by atoms with Gasteiger partial charge in [-0.25, -0.2) is 4.98 Å². The van der Waals surface area contributed by atoms with Gasteiger partial charge in [0.25, 0.3) is 5.91 Å². The highest BCUT2D eigenvalue weighted by atomic mass is 32.1. The van der Waals surface area contributed by atoms with Gasteiger partial charge in [0.2, 0.25) is 0 Å². The highest BCUT2D eigenvalue weighted by Gasteiger charge is 2.18. The van der Waals surface area contributed by atoms with Crippen LogP contribution in [0.5, 0.6) is 0 Å². The van der Waals surface area contributed by atoms with E-state index in [2.05, 4.69) is 35.2 Å². The van der Waals surface area contributed by atoms with Gasteiger partial charge in [-0.15, -0.1) is 11.3 Å². The molecular formula is C20H21N3OS. The summed E-state index contributed by atoms with van der Waals surface area (Å²) in [7, 11) is 0. The number of benzene rings is 1. The highest BCUT2D eigenvalue weighted by molar-refractivity contribution is 7.17. The van der Waals surface area contributed by atoms with Gasteiger partial charge in [0, 0.05) is 11.9 Å². The molecule has 3 aromatic rings. The maximum atomic E-state index is 12.8. The molecule has 128 valence electrons. The number of aryl methyl sites for hydroxylation is 1. The van der Waals surface area contributed by atoms with E-state index in [1.54, 1.807) is 6.20 Å². The molecular weight excluding hydrogens is 330 g/mol. The van der Waals surface area contributed by atoms with E-state index in [0.717, 1.165) is 34.1 Å². The van der Waals surface area contributed by atoms with Crippen molar-refractivity contribution in [3.63, 3.8) is 0 Å². The predicted octanol–water partition coefficient (Wildman–Crippen LogP) is 5.28. The van der Waals surface area contributed by atoms with Crippen LogP contribution in [0.3, 0.4) is 0 Å². The standard InChI is InChI=1S/C20H21N3OS/c1-4-13(2)15-9-5-6-10-16(15)23-19(24)18-14(3)22-20(25-18)17-11-7-8-12-21-17/h5-13H,4H2,1-3H3,(H,23,24)/t13-/m1/s1. The van der Waals surface area contributed by atoms with Gasteiger partial charge in [0.05, 0.1) is 11.4 Å². The first kappa shape index (κ1) is 17.3. The number of aromatic nitrogens is 2. The summed E-state index contributed by atoms with van der Waals surface area (Å²) in [5.41, 5.74) is 3.54. The zero-order valence-corrected chi connectivity index (χ0v) is 15.4. The van der Waals surface area contributed by atoms with Crippen molar-refractivity contribution >= 4 is 22.9 Å². The van der Waals surface area contributed by atoms with Crippen molar-refractivity contribution in [2.45, 2.75) is 33.1 Å². The Hall–Kier alpha value is -2.53. The number of para-hydroxylation sites is 1. The van der Waals surface area contributed by atoms with Crippen molar-refractivity contribution in [1.29, 1.82) is 0 Å². The molecule has 0 fully saturated rings. The minimum atomic E-state index is -0.118. The third-order valence-corrected chi connectivity index (χ3v) is 5.42. The third-order valence-electron chi connectivity index (χ3n) is 4.24. The van der Waals surface area contributed by atoms with Gasteiger partial charge in [-0.3, -0.25) is 9.78 Å². The molecule has 4 nitrogen and oxygen atoms in total. The van der Waals surface area contributed by atoms with Crippen molar-refractivity contribution in [3.05, 3.63) is 64.8 Å². The SMILES string of the molecule is CC[C@@H](C)c1ccccc1NC(=O)c1sc(-c2ccccn2)nc1C. The minimum Gasteiger partial charge on any atom is -0.321 e. The molecule has 0 radical (unpaired) electrons. The summed E-state index contributed by atoms with van der Waals surface area (Å²) in [6, 6.07) is 13.7. The molecule has 0 spiro atoms. The number of anilines is 1. The Morgan fingerprint density at radius 1 is 1.20 bits per heavy atom. The zero-order chi connectivity index (χ0) is 17.8. The number of rotatable bonds is 5. The lowest BCUT2D eigenvalue weighted by molar-refractivity contribution is 0.102. The number of hydrogen-bond donors (Lipinski definition) is 1. The van der Waals surface area contributed by atoms with Crippen molar-refractivity contribution < 1.29 is 4.79 Å². The predicted molar refractivity (Wildman–Crippen MR) is 103 cm³/mol. The summed E-state index contributed by atoms with van der Waals surface area (Å²) in [5.74, 6) is 0.274. The highest BCUT2D eigenvalue weighted by Crippen LogP contribution is 2.30. The number of hydrogen-bond acceptors (Lipinski definition) is 4. The van der Waals surface area contributed by atoms with Crippen molar-refractivity contribution in [3.8, 4) is 10.7 Å². The van der Waals surface area contributed by atoms with Crippen LogP contribution >= 0.6 is 11.3 Å². The molecule has 0 bridgehead atoms. The summed E-state index contributed by atoms with van der Waals surface area (Å²) >= 11 is 1.37. The van der Waals surface area contributed by atoms with E-state index >= 15 is 0 Å². The average molecular weight is 351 g/mol. The van der Waals surface area contributed by atoms with E-state index in [1.807, 2.05) is 43.3 Å². The average Bonchev–Trinajstić information content (AvgIpc) is 3.04. The first-order valence-electron chi connectivity index (χ1n) is 8.39. The van der Waals surface area contributed by atoms with E-state index in [0.29, 0.717) is 10.8 Å². The fourth-order valence-corrected chi connectivity index (χ4v) is 3.58. The van der Waals surface area contributed by atoms with E-state index in [9.17, 15) is 4.79 Å². The van der Waals surface area contributed by atoms with Crippen LogP contribution in [0.4, 0.5) is 5.69 Å². The molecule has 3 rings (SSSR count). The van der Waals surface area contributed by atoms with Crippen LogP contribution in [0.1, 0.15) is 47.1 Å². The van der Waals surface area contributed by atoms with Crippen LogP contribution in [-0.2, 0) is 0 Å². The summed E-state index contributed by atoms with van der Waals surface area (Å²) in [6.45, 7) is 6.18. The second kappa shape index (κ2) is 7.57. The molecule has 1 aromatic carbocycles. The maximum absolute atomic E-state index is 12.8. The van der Waals surface area contributed by atoms with Crippen LogP contribution in [0.2, 0.25) is 0 Å². The van der Waals surface area contributed by atoms with Crippen LogP contribution < -0.4 is 5.32 Å². The lowest BCUT2D eigenvalue weighted by Crippen LogP contribution is -2.13. The molecule has 2 aromatic heterocycles. The number of carbonyl (C=O) groups is 1. The Balaban J connectivity index is 1.87. The molecule has 0 saturated heterocycles. The quantitative estimate of drug-likeness (QED) is 0.680. The molecule has 0 aliphatic heterocycles. The second-order valence-corrected chi connectivity index (χ2v) is 7.00. The molecule has 1 N–H and O–H groups in total. The number of nitrogens with zero attached hydrogens (tertiary/aromatic N) is 2. The minimum absolute atomic E-state index is 0.118. The Morgan fingerprint density at radius 2 is 1.96 bits per heavy atom. The van der Waals surface area contributed by atoms with Gasteiger partial charge in [0.1, 0.15) is 9.88 Å². The Bertz CT molecular complexity index is 874. The fourth-order valence-electron chi connectivity index (χ4n) is 2.65. The van der Waals surface area contributed by atoms with Crippen LogP contribution in [-0.4, -0.2) is 15.9 Å². The number of carbonyl (C=O) groups excluding carboxylic acids is 1. The van der Waals surface area contributed by atoms with Gasteiger partial charge in [0.15, 0.2) is 0 Å². The van der Waals surface area contributed by atoms with Gasteiger partial charge in [-0.1, -0.05) is 38.1 Å². The number of nitrogens with one attached hydrogen (secondary N) is 1. The van der Waals surface area contributed by atoms with Gasteiger partial charge >= 0.3 is 0 Å². The first-order chi connectivity index (χ1) is 12.1. The molecule has 25 heavy (non-hydrogen) atoms. The maximum Gasteiger partial charge on any atom is 0.267 e. The molecule has 0 aliphatic rings. The monoisotopic (exact) mass is 351 g/mol. The summed E-state index contributed by atoms with van der Waals surface area (Å²) < 4.78 is 0. The molecule has 0 aliphatic carbocycles. The smallest absolute Gasteiger partial charge is 0.267 e. The zero-order valence-electron chi connectivity index (χ0n) is 14.6. The molecule has 1 amide bonds. The third kappa shape index (κ3) is 3.77. The molecule has 0 saturated carbocycles. The lowest BCUT2D eigenvalue weighted by atomic mass is 9.97. The van der Waals surface area contributed by atoms with Gasteiger partial charge < -0.3 is 5.32 Å².